The number of aromatic carboxylic acids is 1. The highest BCUT2D eigenvalue weighted by molar-refractivity contribution is 6.00. The van der Waals surface area contributed by atoms with Gasteiger partial charge in [-0.05, 0) is 59.0 Å². The molecule has 0 unspecified atom stereocenters. The summed E-state index contributed by atoms with van der Waals surface area (Å²) >= 11 is 0. The fourth-order valence-corrected chi connectivity index (χ4v) is 6.10. The van der Waals surface area contributed by atoms with Gasteiger partial charge < -0.3 is 24.4 Å². The summed E-state index contributed by atoms with van der Waals surface area (Å²) in [6.07, 6.45) is 0.170. The van der Waals surface area contributed by atoms with Crippen LogP contribution in [0.1, 0.15) is 41.5 Å². The summed E-state index contributed by atoms with van der Waals surface area (Å²) < 4.78 is 13.4. The van der Waals surface area contributed by atoms with Gasteiger partial charge in [-0.3, -0.25) is 0 Å². The van der Waals surface area contributed by atoms with Crippen LogP contribution >= 0.6 is 0 Å². The monoisotopic (exact) mass is 603 g/mol. The maximum Gasteiger partial charge on any atom is 0.354 e. The summed E-state index contributed by atoms with van der Waals surface area (Å²) in [4.78, 5) is 21.6. The zero-order chi connectivity index (χ0) is 30.9. The average Bonchev–Trinajstić information content (AvgIpc) is 3.45. The Labute approximate surface area is 262 Å². The highest BCUT2D eigenvalue weighted by Crippen LogP contribution is 2.37. The number of carboxylic acids is 1. The number of ether oxygens (including phenoxy) is 2. The molecule has 0 bridgehead atoms. The predicted octanol–water partition coefficient (Wildman–Crippen LogP) is 6.15. The van der Waals surface area contributed by atoms with E-state index >= 15 is 0 Å². The molecule has 4 heterocycles. The fraction of sp³-hybridized carbons (Fsp3) is 0.306. The minimum Gasteiger partial charge on any atom is -0.477 e. The number of pyridine rings is 1. The lowest BCUT2D eigenvalue weighted by atomic mass is 9.97. The Morgan fingerprint density at radius 2 is 1.64 bits per heavy atom. The van der Waals surface area contributed by atoms with Crippen molar-refractivity contribution in [3.8, 4) is 16.8 Å². The van der Waals surface area contributed by atoms with Crippen molar-refractivity contribution in [1.82, 2.24) is 14.8 Å². The van der Waals surface area contributed by atoms with E-state index in [1.807, 2.05) is 30.3 Å². The Morgan fingerprint density at radius 3 is 2.36 bits per heavy atom. The van der Waals surface area contributed by atoms with Crippen molar-refractivity contribution < 1.29 is 19.4 Å². The SMILES string of the molecule is CC(C)c1nn(-c2cccc(N3CC(OCc4ccccc4)C3)c2)c2nc(C(=O)O)cc(-c3ccc(N4CCOCC4)cc3)c12. The van der Waals surface area contributed by atoms with Crippen LogP contribution in [0.2, 0.25) is 0 Å². The number of carbonyl (C=O) groups is 1. The van der Waals surface area contributed by atoms with E-state index in [1.165, 1.54) is 5.56 Å². The van der Waals surface area contributed by atoms with Gasteiger partial charge in [-0.15, -0.1) is 0 Å². The van der Waals surface area contributed by atoms with Gasteiger partial charge in [0.1, 0.15) is 0 Å². The van der Waals surface area contributed by atoms with E-state index in [2.05, 4.69) is 77.2 Å². The fourth-order valence-electron chi connectivity index (χ4n) is 6.10. The normalized spacial score (nSPS) is 15.5. The molecule has 1 N–H and O–H groups in total. The molecule has 0 amide bonds. The summed E-state index contributed by atoms with van der Waals surface area (Å²) in [5.41, 5.74) is 7.35. The van der Waals surface area contributed by atoms with Crippen molar-refractivity contribution >= 4 is 28.4 Å². The van der Waals surface area contributed by atoms with Crippen LogP contribution in [0.15, 0.2) is 84.9 Å². The van der Waals surface area contributed by atoms with Gasteiger partial charge in [0.15, 0.2) is 11.3 Å². The number of aromatic nitrogens is 3. The number of hydrogen-bond acceptors (Lipinski definition) is 7. The molecule has 230 valence electrons. The third-order valence-corrected chi connectivity index (χ3v) is 8.60. The van der Waals surface area contributed by atoms with E-state index in [9.17, 15) is 9.90 Å². The second-order valence-electron chi connectivity index (χ2n) is 12.0. The molecule has 0 atom stereocenters. The van der Waals surface area contributed by atoms with Crippen LogP contribution < -0.4 is 9.80 Å². The molecule has 0 spiro atoms. The van der Waals surface area contributed by atoms with Gasteiger partial charge in [-0.1, -0.05) is 62.4 Å². The van der Waals surface area contributed by atoms with Gasteiger partial charge in [0, 0.05) is 37.6 Å². The van der Waals surface area contributed by atoms with Gasteiger partial charge in [0.05, 0.1) is 42.7 Å². The summed E-state index contributed by atoms with van der Waals surface area (Å²) in [6, 6.07) is 28.4. The van der Waals surface area contributed by atoms with Crippen molar-refractivity contribution in [1.29, 1.82) is 0 Å². The average molecular weight is 604 g/mol. The van der Waals surface area contributed by atoms with E-state index in [0.29, 0.717) is 25.5 Å². The van der Waals surface area contributed by atoms with Crippen molar-refractivity contribution in [2.45, 2.75) is 32.5 Å². The molecule has 2 aliphatic rings. The molecule has 2 aliphatic heterocycles. The molecule has 7 rings (SSSR count). The zero-order valence-electron chi connectivity index (χ0n) is 25.6. The third-order valence-electron chi connectivity index (χ3n) is 8.60. The van der Waals surface area contributed by atoms with Crippen molar-refractivity contribution in [3.63, 3.8) is 0 Å². The molecule has 2 fully saturated rings. The molecule has 3 aromatic carbocycles. The van der Waals surface area contributed by atoms with Gasteiger partial charge in [0.2, 0.25) is 0 Å². The van der Waals surface area contributed by atoms with Crippen LogP contribution in [0.25, 0.3) is 27.8 Å². The molecule has 0 saturated carbocycles. The Balaban J connectivity index is 1.21. The summed E-state index contributed by atoms with van der Waals surface area (Å²) in [5, 5.41) is 16.0. The molecule has 0 radical (unpaired) electrons. The molecule has 2 aromatic heterocycles. The first-order valence-electron chi connectivity index (χ1n) is 15.6. The van der Waals surface area contributed by atoms with Crippen LogP contribution in [0.5, 0.6) is 0 Å². The van der Waals surface area contributed by atoms with Gasteiger partial charge in [-0.2, -0.15) is 5.10 Å². The van der Waals surface area contributed by atoms with Crippen LogP contribution in [-0.2, 0) is 16.1 Å². The quantitative estimate of drug-likeness (QED) is 0.215. The van der Waals surface area contributed by atoms with Crippen LogP contribution in [0.4, 0.5) is 11.4 Å². The molecule has 9 heteroatoms. The topological polar surface area (TPSA) is 93.0 Å². The lowest BCUT2D eigenvalue weighted by Crippen LogP contribution is -2.52. The highest BCUT2D eigenvalue weighted by Gasteiger charge is 2.29. The van der Waals surface area contributed by atoms with Crippen LogP contribution in [-0.4, -0.2) is 71.3 Å². The van der Waals surface area contributed by atoms with Gasteiger partial charge >= 0.3 is 5.97 Å². The van der Waals surface area contributed by atoms with Gasteiger partial charge in [-0.25, -0.2) is 14.5 Å². The van der Waals surface area contributed by atoms with E-state index in [1.54, 1.807) is 10.7 Å². The number of rotatable bonds is 9. The number of hydrogen-bond donors (Lipinski definition) is 1. The second kappa shape index (κ2) is 12.3. The number of morpholine rings is 1. The van der Waals surface area contributed by atoms with Crippen molar-refractivity contribution in [2.24, 2.45) is 0 Å². The van der Waals surface area contributed by atoms with E-state index < -0.39 is 5.97 Å². The maximum atomic E-state index is 12.3. The molecule has 5 aromatic rings. The number of fused-ring (bicyclic) bond motifs is 1. The van der Waals surface area contributed by atoms with Crippen LogP contribution in [0, 0.1) is 0 Å². The Kier molecular flexibility index (Phi) is 7.95. The Morgan fingerprint density at radius 1 is 0.911 bits per heavy atom. The second-order valence-corrected chi connectivity index (χ2v) is 12.0. The summed E-state index contributed by atoms with van der Waals surface area (Å²) in [7, 11) is 0. The molecule has 45 heavy (non-hydrogen) atoms. The van der Waals surface area contributed by atoms with Crippen molar-refractivity contribution in [3.05, 3.63) is 102 Å². The summed E-state index contributed by atoms with van der Waals surface area (Å²) in [6.45, 7) is 9.56. The van der Waals surface area contributed by atoms with E-state index in [-0.39, 0.29) is 17.7 Å². The first-order valence-corrected chi connectivity index (χ1v) is 15.6. The lowest BCUT2D eigenvalue weighted by molar-refractivity contribution is 0.0224. The largest absolute Gasteiger partial charge is 0.477 e. The number of benzene rings is 3. The maximum absolute atomic E-state index is 12.3. The highest BCUT2D eigenvalue weighted by atomic mass is 16.5. The minimum absolute atomic E-state index is 0.0106. The number of nitrogens with zero attached hydrogens (tertiary/aromatic N) is 5. The smallest absolute Gasteiger partial charge is 0.354 e. The predicted molar refractivity (Wildman–Crippen MR) is 176 cm³/mol. The van der Waals surface area contributed by atoms with E-state index in [4.69, 9.17) is 14.6 Å². The summed E-state index contributed by atoms with van der Waals surface area (Å²) in [5.74, 6) is -0.975. The van der Waals surface area contributed by atoms with Crippen molar-refractivity contribution in [2.75, 3.05) is 49.2 Å². The number of carboxylic acid groups (broad SMARTS) is 1. The molecular formula is C36H37N5O4. The molecule has 9 nitrogen and oxygen atoms in total. The minimum atomic E-state index is -1.07. The first-order chi connectivity index (χ1) is 21.9. The molecule has 2 saturated heterocycles. The van der Waals surface area contributed by atoms with E-state index in [0.717, 1.165) is 65.4 Å². The first kappa shape index (κ1) is 29.0. The van der Waals surface area contributed by atoms with Gasteiger partial charge in [0.25, 0.3) is 0 Å². The van der Waals surface area contributed by atoms with Crippen LogP contribution in [0.3, 0.4) is 0 Å². The number of anilines is 2. The Bertz CT molecular complexity index is 1810. The molecule has 0 aliphatic carbocycles. The standard InChI is InChI=1S/C36H37N5O4/c1-24(2)34-33-31(26-11-13-27(14-12-26)39-15-17-44-18-16-39)20-32(36(42)43)37-35(33)41(38-34)29-10-6-9-28(19-29)40-21-30(22-40)45-23-25-7-4-3-5-8-25/h3-14,19-20,24,30H,15-18,21-23H2,1-2H3,(H,42,43). The Hall–Kier alpha value is -4.73. The third kappa shape index (κ3) is 5.89. The lowest BCUT2D eigenvalue weighted by Gasteiger charge is -2.40. The zero-order valence-corrected chi connectivity index (χ0v) is 25.6. The molecular weight excluding hydrogens is 566 g/mol.